The van der Waals surface area contributed by atoms with Crippen LogP contribution in [0.2, 0.25) is 0 Å². The van der Waals surface area contributed by atoms with Crippen LogP contribution in [0.5, 0.6) is 0 Å². The molecule has 0 spiro atoms. The fraction of sp³-hybridized carbons (Fsp3) is 0.353. The van der Waals surface area contributed by atoms with Gasteiger partial charge in [0, 0.05) is 11.8 Å². The molecule has 2 fully saturated rings. The van der Waals surface area contributed by atoms with Gasteiger partial charge in [0.25, 0.3) is 11.8 Å². The number of primary amides is 1. The van der Waals surface area contributed by atoms with E-state index in [4.69, 9.17) is 5.73 Å². The molecule has 0 saturated carbocycles. The van der Waals surface area contributed by atoms with E-state index < -0.39 is 49.7 Å². The number of aromatic nitrogens is 1. The van der Waals surface area contributed by atoms with Crippen molar-refractivity contribution in [1.82, 2.24) is 15.2 Å². The Hall–Kier alpha value is -3.28. The van der Waals surface area contributed by atoms with Gasteiger partial charge in [-0.1, -0.05) is 0 Å². The van der Waals surface area contributed by atoms with E-state index in [1.165, 1.54) is 38.3 Å². The molecule has 154 valence electrons. The van der Waals surface area contributed by atoms with Gasteiger partial charge in [0.1, 0.15) is 4.75 Å². The number of hydrogen-bond donors (Lipinski definition) is 3. The topological polar surface area (TPSA) is 177 Å². The monoisotopic (exact) mass is 422 g/mol. The number of hydrogen-bond acceptors (Lipinski definition) is 7. The van der Waals surface area contributed by atoms with E-state index in [1.54, 1.807) is 0 Å². The standard InChI is InChI=1S/C17H18N4O7S/c1-17(2)12(16(25)26)21-14(24)10(15(21)29(17,27)28)6-9-5-8(3-4-19-9)13(23)20-7-11(18)22/h3-6,12,15H,7H2,1-2H3,(H2,18,22)(H,20,23)(H,25,26)/b10-6-/t12-,15?/m0/s1. The smallest absolute Gasteiger partial charge is 0.328 e. The molecule has 4 N–H and O–H groups in total. The maximum atomic E-state index is 12.8. The molecule has 1 aromatic heterocycles. The zero-order valence-corrected chi connectivity index (χ0v) is 16.3. The van der Waals surface area contributed by atoms with Crippen molar-refractivity contribution in [3.05, 3.63) is 35.2 Å². The summed E-state index contributed by atoms with van der Waals surface area (Å²) < 4.78 is 24.0. The number of aliphatic carboxylic acids is 1. The summed E-state index contributed by atoms with van der Waals surface area (Å²) >= 11 is 0. The van der Waals surface area contributed by atoms with Crippen LogP contribution in [0.3, 0.4) is 0 Å². The largest absolute Gasteiger partial charge is 0.480 e. The van der Waals surface area contributed by atoms with E-state index >= 15 is 0 Å². The Kier molecular flexibility index (Phi) is 4.69. The zero-order valence-electron chi connectivity index (χ0n) is 15.4. The molecule has 2 atom stereocenters. The maximum Gasteiger partial charge on any atom is 0.328 e. The molecule has 0 aliphatic carbocycles. The summed E-state index contributed by atoms with van der Waals surface area (Å²) in [4.78, 5) is 51.7. The van der Waals surface area contributed by atoms with Crippen LogP contribution in [-0.4, -0.2) is 69.8 Å². The first kappa shape index (κ1) is 20.5. The molecule has 3 amide bonds. The Morgan fingerprint density at radius 1 is 1.38 bits per heavy atom. The summed E-state index contributed by atoms with van der Waals surface area (Å²) in [5.41, 5.74) is 5.10. The highest BCUT2D eigenvalue weighted by molar-refractivity contribution is 7.94. The van der Waals surface area contributed by atoms with Gasteiger partial charge in [-0.25, -0.2) is 13.2 Å². The molecule has 2 saturated heterocycles. The summed E-state index contributed by atoms with van der Waals surface area (Å²) in [6, 6.07) is 1.17. The van der Waals surface area contributed by atoms with Crippen molar-refractivity contribution in [3.63, 3.8) is 0 Å². The predicted molar refractivity (Wildman–Crippen MR) is 98.8 cm³/mol. The van der Waals surface area contributed by atoms with Crippen LogP contribution in [0.15, 0.2) is 23.9 Å². The first-order valence-corrected chi connectivity index (χ1v) is 9.97. The fourth-order valence-electron chi connectivity index (χ4n) is 3.44. The number of nitrogens with zero attached hydrogens (tertiary/aromatic N) is 2. The Balaban J connectivity index is 1.94. The summed E-state index contributed by atoms with van der Waals surface area (Å²) in [5, 5.41) is 10.3. The Labute approximate surface area is 165 Å². The van der Waals surface area contributed by atoms with E-state index in [1.807, 2.05) is 0 Å². The molecule has 1 unspecified atom stereocenters. The van der Waals surface area contributed by atoms with Crippen LogP contribution in [0.1, 0.15) is 29.9 Å². The third kappa shape index (κ3) is 3.05. The van der Waals surface area contributed by atoms with Gasteiger partial charge < -0.3 is 21.1 Å². The van der Waals surface area contributed by atoms with Gasteiger partial charge >= 0.3 is 5.97 Å². The number of nitrogens with one attached hydrogen (secondary N) is 1. The number of rotatable bonds is 5. The minimum Gasteiger partial charge on any atom is -0.480 e. The van der Waals surface area contributed by atoms with Crippen molar-refractivity contribution in [2.75, 3.05) is 6.54 Å². The van der Waals surface area contributed by atoms with Gasteiger partial charge in [-0.05, 0) is 32.1 Å². The second kappa shape index (κ2) is 6.65. The average Bonchev–Trinajstić information content (AvgIpc) is 2.78. The van der Waals surface area contributed by atoms with Crippen molar-refractivity contribution in [2.24, 2.45) is 5.73 Å². The lowest BCUT2D eigenvalue weighted by Crippen LogP contribution is -2.58. The van der Waals surface area contributed by atoms with Crippen LogP contribution in [0.25, 0.3) is 6.08 Å². The average molecular weight is 422 g/mol. The Bertz CT molecular complexity index is 1080. The summed E-state index contributed by atoms with van der Waals surface area (Å²) in [6.45, 7) is 2.18. The molecule has 2 aliphatic rings. The highest BCUT2D eigenvalue weighted by Gasteiger charge is 2.70. The van der Waals surface area contributed by atoms with Crippen LogP contribution < -0.4 is 11.1 Å². The lowest BCUT2D eigenvalue weighted by atomic mass is 9.95. The number of sulfone groups is 1. The SMILES string of the molecule is CC1(C)[C@H](C(=O)O)N2C(=O)/C(=C/c3cc(C(=O)NCC(N)=O)ccn3)C2S1(=O)=O. The normalized spacial score (nSPS) is 25.2. The minimum absolute atomic E-state index is 0.120. The van der Waals surface area contributed by atoms with Crippen molar-refractivity contribution < 1.29 is 32.7 Å². The van der Waals surface area contributed by atoms with Gasteiger partial charge in [0.05, 0.1) is 17.8 Å². The number of carboxylic acid groups (broad SMARTS) is 1. The highest BCUT2D eigenvalue weighted by Crippen LogP contribution is 2.48. The van der Waals surface area contributed by atoms with Crippen molar-refractivity contribution in [1.29, 1.82) is 0 Å². The van der Waals surface area contributed by atoms with E-state index in [2.05, 4.69) is 10.3 Å². The molecule has 0 radical (unpaired) electrons. The van der Waals surface area contributed by atoms with Crippen LogP contribution in [0, 0.1) is 0 Å². The molecule has 12 heteroatoms. The second-order valence-corrected chi connectivity index (χ2v) is 9.76. The van der Waals surface area contributed by atoms with Gasteiger partial charge in [-0.2, -0.15) is 0 Å². The minimum atomic E-state index is -4.01. The predicted octanol–water partition coefficient (Wildman–Crippen LogP) is -1.49. The molecule has 29 heavy (non-hydrogen) atoms. The molecule has 11 nitrogen and oxygen atoms in total. The van der Waals surface area contributed by atoms with Crippen molar-refractivity contribution >= 4 is 39.6 Å². The second-order valence-electron chi connectivity index (χ2n) is 7.17. The van der Waals surface area contributed by atoms with Gasteiger partial charge in [-0.3, -0.25) is 19.4 Å². The first-order valence-electron chi connectivity index (χ1n) is 8.42. The third-order valence-electron chi connectivity index (χ3n) is 4.97. The van der Waals surface area contributed by atoms with Crippen LogP contribution in [-0.2, 0) is 24.2 Å². The molecule has 3 heterocycles. The Morgan fingerprint density at radius 2 is 2.03 bits per heavy atom. The zero-order chi connectivity index (χ0) is 21.7. The number of carboxylic acids is 1. The summed E-state index contributed by atoms with van der Waals surface area (Å²) in [6.07, 6.45) is 2.49. The number of carbonyl (C=O) groups excluding carboxylic acids is 3. The fourth-order valence-corrected chi connectivity index (χ4v) is 5.56. The lowest BCUT2D eigenvalue weighted by Gasteiger charge is -2.37. The molecule has 0 aromatic carbocycles. The van der Waals surface area contributed by atoms with E-state index in [0.29, 0.717) is 0 Å². The number of carbonyl (C=O) groups is 4. The van der Waals surface area contributed by atoms with Crippen molar-refractivity contribution in [3.8, 4) is 0 Å². The van der Waals surface area contributed by atoms with Crippen LogP contribution >= 0.6 is 0 Å². The summed E-state index contributed by atoms with van der Waals surface area (Å²) in [7, 11) is -4.01. The molecule has 1 aromatic rings. The number of nitrogens with two attached hydrogens (primary N) is 1. The van der Waals surface area contributed by atoms with Crippen molar-refractivity contribution in [2.45, 2.75) is 30.0 Å². The number of β-lactam (4-membered cyclic amide) rings is 1. The van der Waals surface area contributed by atoms with Gasteiger partial charge in [0.15, 0.2) is 21.3 Å². The number of pyridine rings is 1. The maximum absolute atomic E-state index is 12.8. The molecule has 2 aliphatic heterocycles. The number of fused-ring (bicyclic) bond motifs is 1. The number of amides is 3. The summed E-state index contributed by atoms with van der Waals surface area (Å²) in [5.74, 6) is -3.45. The lowest BCUT2D eigenvalue weighted by molar-refractivity contribution is -0.152. The third-order valence-corrected chi connectivity index (χ3v) is 7.73. The first-order chi connectivity index (χ1) is 13.4. The Morgan fingerprint density at radius 3 is 2.62 bits per heavy atom. The molecular formula is C17H18N4O7S. The van der Waals surface area contributed by atoms with E-state index in [-0.39, 0.29) is 23.4 Å². The molecule has 3 rings (SSSR count). The van der Waals surface area contributed by atoms with Gasteiger partial charge in [0.2, 0.25) is 5.91 Å². The quantitative estimate of drug-likeness (QED) is 0.379. The van der Waals surface area contributed by atoms with E-state index in [9.17, 15) is 32.7 Å². The van der Waals surface area contributed by atoms with E-state index in [0.717, 1.165) is 4.90 Å². The van der Waals surface area contributed by atoms with Gasteiger partial charge in [-0.15, -0.1) is 0 Å². The highest BCUT2D eigenvalue weighted by atomic mass is 32.2. The molecular weight excluding hydrogens is 404 g/mol. The van der Waals surface area contributed by atoms with Crippen LogP contribution in [0.4, 0.5) is 0 Å². The molecule has 0 bridgehead atoms.